The van der Waals surface area contributed by atoms with Crippen LogP contribution in [0, 0.1) is 5.41 Å². The summed E-state index contributed by atoms with van der Waals surface area (Å²) in [5.74, 6) is 1.84. The Kier molecular flexibility index (Phi) is 5.81. The lowest BCUT2D eigenvalue weighted by atomic mass is 9.65. The van der Waals surface area contributed by atoms with Crippen molar-refractivity contribution in [2.75, 3.05) is 13.6 Å². The molecular weight excluding hydrogens is 425 g/mol. The number of aromatic nitrogens is 2. The number of guanidine groups is 1. The number of benzene rings is 1. The molecule has 3 rings (SSSR count). The molecule has 1 aromatic heterocycles. The minimum absolute atomic E-state index is 0. The first kappa shape index (κ1) is 19.8. The second-order valence-electron chi connectivity index (χ2n) is 7.54. The standard InChI is InChI=1S/C19H27N5.HI/c1-18(2)13-24(19(18,3)4)17(20-5)22-12-16-21-11-15(23-16)14-9-7-6-8-10-14;/h6-11H,12-13H2,1-5H3,(H,20,22)(H,21,23);1H. The smallest absolute Gasteiger partial charge is 0.194 e. The maximum absolute atomic E-state index is 4.48. The highest BCUT2D eigenvalue weighted by Gasteiger charge is 2.53. The Morgan fingerprint density at radius 1 is 1.24 bits per heavy atom. The van der Waals surface area contributed by atoms with E-state index >= 15 is 0 Å². The summed E-state index contributed by atoms with van der Waals surface area (Å²) >= 11 is 0. The average molecular weight is 453 g/mol. The van der Waals surface area contributed by atoms with Gasteiger partial charge >= 0.3 is 0 Å². The van der Waals surface area contributed by atoms with E-state index in [1.54, 1.807) is 0 Å². The van der Waals surface area contributed by atoms with Crippen LogP contribution < -0.4 is 5.32 Å². The number of hydrogen-bond donors (Lipinski definition) is 2. The minimum atomic E-state index is 0. The number of hydrogen-bond acceptors (Lipinski definition) is 2. The Labute approximate surface area is 167 Å². The molecule has 0 radical (unpaired) electrons. The first-order chi connectivity index (χ1) is 11.3. The first-order valence-electron chi connectivity index (χ1n) is 8.43. The van der Waals surface area contributed by atoms with Gasteiger partial charge in [0.05, 0.1) is 18.4 Å². The molecule has 0 unspecified atom stereocenters. The van der Waals surface area contributed by atoms with Crippen LogP contribution in [0.2, 0.25) is 0 Å². The number of aliphatic imine (C=N–C) groups is 1. The maximum atomic E-state index is 4.48. The zero-order chi connectivity index (χ0) is 17.4. The summed E-state index contributed by atoms with van der Waals surface area (Å²) in [6, 6.07) is 10.2. The highest BCUT2D eigenvalue weighted by atomic mass is 127. The number of H-pyrrole nitrogens is 1. The van der Waals surface area contributed by atoms with Gasteiger partial charge in [0.2, 0.25) is 0 Å². The molecule has 0 amide bonds. The van der Waals surface area contributed by atoms with Gasteiger partial charge in [-0.3, -0.25) is 4.99 Å². The Bertz CT molecular complexity index is 733. The molecule has 5 nitrogen and oxygen atoms in total. The topological polar surface area (TPSA) is 56.3 Å². The van der Waals surface area contributed by atoms with Crippen LogP contribution in [0.25, 0.3) is 11.3 Å². The van der Waals surface area contributed by atoms with Gasteiger partial charge in [-0.1, -0.05) is 44.2 Å². The van der Waals surface area contributed by atoms with Crippen molar-refractivity contribution in [2.24, 2.45) is 10.4 Å². The second-order valence-corrected chi connectivity index (χ2v) is 7.54. The largest absolute Gasteiger partial charge is 0.349 e. The Morgan fingerprint density at radius 3 is 2.48 bits per heavy atom. The highest BCUT2D eigenvalue weighted by Crippen LogP contribution is 2.46. The van der Waals surface area contributed by atoms with Gasteiger partial charge in [0, 0.05) is 24.5 Å². The van der Waals surface area contributed by atoms with Crippen molar-refractivity contribution in [3.05, 3.63) is 42.4 Å². The van der Waals surface area contributed by atoms with Gasteiger partial charge in [-0.15, -0.1) is 24.0 Å². The molecule has 2 aromatic rings. The molecule has 0 saturated carbocycles. The highest BCUT2D eigenvalue weighted by molar-refractivity contribution is 14.0. The number of aromatic amines is 1. The molecule has 136 valence electrons. The molecule has 2 N–H and O–H groups in total. The third kappa shape index (κ3) is 3.68. The zero-order valence-electron chi connectivity index (χ0n) is 15.6. The summed E-state index contributed by atoms with van der Waals surface area (Å²) < 4.78 is 0. The van der Waals surface area contributed by atoms with Crippen molar-refractivity contribution in [3.8, 4) is 11.3 Å². The van der Waals surface area contributed by atoms with E-state index < -0.39 is 0 Å². The van der Waals surface area contributed by atoms with E-state index in [1.807, 2.05) is 31.4 Å². The van der Waals surface area contributed by atoms with Gasteiger partial charge in [-0.2, -0.15) is 0 Å². The predicted octanol–water partition coefficient (Wildman–Crippen LogP) is 3.89. The van der Waals surface area contributed by atoms with Crippen LogP contribution in [0.4, 0.5) is 0 Å². The molecule has 25 heavy (non-hydrogen) atoms. The lowest BCUT2D eigenvalue weighted by molar-refractivity contribution is -0.0668. The van der Waals surface area contributed by atoms with E-state index in [4.69, 9.17) is 0 Å². The number of imidazole rings is 1. The Balaban J connectivity index is 0.00000225. The quantitative estimate of drug-likeness (QED) is 0.421. The fourth-order valence-electron chi connectivity index (χ4n) is 3.07. The third-order valence-corrected chi connectivity index (χ3v) is 5.48. The van der Waals surface area contributed by atoms with Crippen LogP contribution in [0.1, 0.15) is 33.5 Å². The van der Waals surface area contributed by atoms with Gasteiger partial charge in [0.1, 0.15) is 5.82 Å². The van der Waals surface area contributed by atoms with Gasteiger partial charge < -0.3 is 15.2 Å². The van der Waals surface area contributed by atoms with Gasteiger partial charge in [0.15, 0.2) is 5.96 Å². The molecule has 0 spiro atoms. The molecule has 1 aliphatic rings. The molecule has 0 atom stereocenters. The molecule has 0 aliphatic carbocycles. The van der Waals surface area contributed by atoms with E-state index in [9.17, 15) is 0 Å². The fourth-order valence-corrected chi connectivity index (χ4v) is 3.07. The fraction of sp³-hybridized carbons (Fsp3) is 0.474. The number of nitrogens with one attached hydrogen (secondary N) is 2. The Morgan fingerprint density at radius 2 is 1.92 bits per heavy atom. The number of likely N-dealkylation sites (tertiary alicyclic amines) is 1. The number of nitrogens with zero attached hydrogens (tertiary/aromatic N) is 3. The first-order valence-corrected chi connectivity index (χ1v) is 8.43. The summed E-state index contributed by atoms with van der Waals surface area (Å²) in [5.41, 5.74) is 2.56. The summed E-state index contributed by atoms with van der Waals surface area (Å²) in [7, 11) is 1.83. The monoisotopic (exact) mass is 453 g/mol. The van der Waals surface area contributed by atoms with Crippen LogP contribution in [0.15, 0.2) is 41.5 Å². The van der Waals surface area contributed by atoms with Crippen molar-refractivity contribution < 1.29 is 0 Å². The minimum Gasteiger partial charge on any atom is -0.349 e. The normalized spacial score (nSPS) is 18.3. The van der Waals surface area contributed by atoms with Gasteiger partial charge in [-0.05, 0) is 19.4 Å². The average Bonchev–Trinajstić information content (AvgIpc) is 3.04. The lowest BCUT2D eigenvalue weighted by Crippen LogP contribution is -2.72. The van der Waals surface area contributed by atoms with Crippen LogP contribution in [0.3, 0.4) is 0 Å². The van der Waals surface area contributed by atoms with Crippen molar-refractivity contribution in [2.45, 2.75) is 39.8 Å². The van der Waals surface area contributed by atoms with Crippen LogP contribution >= 0.6 is 24.0 Å². The molecule has 1 aromatic carbocycles. The Hall–Kier alpha value is -1.57. The predicted molar refractivity (Wildman–Crippen MR) is 114 cm³/mol. The van der Waals surface area contributed by atoms with E-state index in [-0.39, 0.29) is 34.9 Å². The van der Waals surface area contributed by atoms with Crippen molar-refractivity contribution in [1.29, 1.82) is 0 Å². The molecule has 6 heteroatoms. The van der Waals surface area contributed by atoms with Crippen LogP contribution in [-0.4, -0.2) is 40.0 Å². The molecule has 0 bridgehead atoms. The summed E-state index contributed by atoms with van der Waals surface area (Å²) in [4.78, 5) is 14.6. The molecule has 1 aliphatic heterocycles. The van der Waals surface area contributed by atoms with Crippen molar-refractivity contribution in [1.82, 2.24) is 20.2 Å². The van der Waals surface area contributed by atoms with E-state index in [1.165, 1.54) is 0 Å². The number of rotatable bonds is 3. The summed E-state index contributed by atoms with van der Waals surface area (Å²) in [6.07, 6.45) is 1.88. The molecular formula is C19H28IN5. The SMILES string of the molecule is CN=C(NCc1ncc(-c2ccccc2)[nH]1)N1CC(C)(C)C1(C)C.I. The van der Waals surface area contributed by atoms with E-state index in [0.717, 1.165) is 29.6 Å². The van der Waals surface area contributed by atoms with Crippen molar-refractivity contribution in [3.63, 3.8) is 0 Å². The number of halogens is 1. The second kappa shape index (κ2) is 7.35. The van der Waals surface area contributed by atoms with E-state index in [0.29, 0.717) is 6.54 Å². The molecule has 2 heterocycles. The third-order valence-electron chi connectivity index (χ3n) is 5.48. The van der Waals surface area contributed by atoms with Crippen LogP contribution in [0.5, 0.6) is 0 Å². The van der Waals surface area contributed by atoms with Crippen molar-refractivity contribution >= 4 is 29.9 Å². The van der Waals surface area contributed by atoms with E-state index in [2.05, 4.69) is 65.0 Å². The molecule has 1 saturated heterocycles. The van der Waals surface area contributed by atoms with Crippen LogP contribution in [-0.2, 0) is 6.54 Å². The lowest BCUT2D eigenvalue weighted by Gasteiger charge is -2.62. The van der Waals surface area contributed by atoms with Gasteiger partial charge in [-0.25, -0.2) is 4.98 Å². The zero-order valence-corrected chi connectivity index (χ0v) is 18.0. The summed E-state index contributed by atoms with van der Waals surface area (Å²) in [5, 5.41) is 3.43. The molecule has 1 fully saturated rings. The summed E-state index contributed by atoms with van der Waals surface area (Å²) in [6.45, 7) is 10.8. The maximum Gasteiger partial charge on any atom is 0.194 e. The van der Waals surface area contributed by atoms with Gasteiger partial charge in [0.25, 0.3) is 0 Å².